The van der Waals surface area contributed by atoms with Gasteiger partial charge in [-0.2, -0.15) is 0 Å². The lowest BCUT2D eigenvalue weighted by molar-refractivity contribution is 0.176. The fourth-order valence-corrected chi connectivity index (χ4v) is 10.2. The fourth-order valence-electron chi connectivity index (χ4n) is 10.2. The first-order valence-electron chi connectivity index (χ1n) is 23.1. The first kappa shape index (κ1) is 42.7. The van der Waals surface area contributed by atoms with Crippen LogP contribution in [-0.4, -0.2) is 51.8 Å². The maximum Gasteiger partial charge on any atom is 0.119 e. The average molecular weight is 815 g/mol. The lowest BCUT2D eigenvalue weighted by atomic mass is 9.62. The first-order valence-corrected chi connectivity index (χ1v) is 23.1. The highest BCUT2D eigenvalue weighted by atomic mass is 16.6. The molecule has 4 aromatic carbocycles. The molecule has 8 rings (SSSR count). The van der Waals surface area contributed by atoms with E-state index in [1.54, 1.807) is 0 Å². The van der Waals surface area contributed by atoms with E-state index in [-0.39, 0.29) is 29.0 Å². The molecular weight excluding hydrogens is 745 g/mol. The van der Waals surface area contributed by atoms with Gasteiger partial charge in [0, 0.05) is 5.92 Å². The van der Waals surface area contributed by atoms with Crippen molar-refractivity contribution >= 4 is 0 Å². The molecule has 4 aliphatic rings. The van der Waals surface area contributed by atoms with Crippen LogP contribution in [0.4, 0.5) is 0 Å². The number of hydrogen-bond donors (Lipinski definition) is 0. The second kappa shape index (κ2) is 18.5. The van der Waals surface area contributed by atoms with Gasteiger partial charge in [-0.25, -0.2) is 0 Å². The van der Waals surface area contributed by atoms with E-state index in [0.29, 0.717) is 61.9 Å². The summed E-state index contributed by atoms with van der Waals surface area (Å²) in [5.74, 6) is 7.63. The maximum atomic E-state index is 6.30. The van der Waals surface area contributed by atoms with Crippen LogP contribution in [0.3, 0.4) is 0 Å². The summed E-state index contributed by atoms with van der Waals surface area (Å²) in [6.07, 6.45) is 7.97. The van der Waals surface area contributed by atoms with Gasteiger partial charge in [-0.1, -0.05) is 97.0 Å². The van der Waals surface area contributed by atoms with E-state index in [0.717, 1.165) is 36.2 Å². The number of hydrogen-bond acceptors (Lipinski definition) is 6. The highest BCUT2D eigenvalue weighted by Gasteiger charge is 2.40. The van der Waals surface area contributed by atoms with Crippen molar-refractivity contribution in [3.8, 4) is 23.0 Å². The first-order chi connectivity index (χ1) is 28.9. The summed E-state index contributed by atoms with van der Waals surface area (Å²) < 4.78 is 35.0. The van der Waals surface area contributed by atoms with Crippen molar-refractivity contribution in [3.05, 3.63) is 119 Å². The number of epoxide rings is 2. The largest absolute Gasteiger partial charge is 0.493 e. The van der Waals surface area contributed by atoms with Crippen LogP contribution < -0.4 is 18.9 Å². The number of ether oxygens (including phenoxy) is 6. The van der Waals surface area contributed by atoms with Gasteiger partial charge in [0.25, 0.3) is 0 Å². The molecule has 2 aliphatic carbocycles. The molecule has 0 aromatic heterocycles. The van der Waals surface area contributed by atoms with Crippen molar-refractivity contribution in [1.29, 1.82) is 0 Å². The van der Waals surface area contributed by atoms with Gasteiger partial charge in [0.1, 0.15) is 48.4 Å². The van der Waals surface area contributed by atoms with E-state index in [9.17, 15) is 0 Å². The zero-order valence-electron chi connectivity index (χ0n) is 37.4. The quantitative estimate of drug-likeness (QED) is 0.0933. The van der Waals surface area contributed by atoms with Crippen LogP contribution in [0.1, 0.15) is 121 Å². The Morgan fingerprint density at radius 3 is 1.18 bits per heavy atom. The maximum absolute atomic E-state index is 6.30. The molecule has 0 N–H and O–H groups in total. The van der Waals surface area contributed by atoms with Crippen LogP contribution in [0, 0.1) is 29.6 Å². The Labute approximate surface area is 360 Å². The normalized spacial score (nSPS) is 27.1. The van der Waals surface area contributed by atoms with Gasteiger partial charge < -0.3 is 28.4 Å². The van der Waals surface area contributed by atoms with Crippen molar-refractivity contribution in [1.82, 2.24) is 0 Å². The summed E-state index contributed by atoms with van der Waals surface area (Å²) >= 11 is 0. The molecule has 4 aromatic rings. The Hall–Kier alpha value is -4.00. The van der Waals surface area contributed by atoms with Crippen molar-refractivity contribution < 1.29 is 28.4 Å². The van der Waals surface area contributed by atoms with E-state index in [4.69, 9.17) is 28.4 Å². The van der Waals surface area contributed by atoms with Crippen molar-refractivity contribution in [3.63, 3.8) is 0 Å². The van der Waals surface area contributed by atoms with Crippen molar-refractivity contribution in [2.24, 2.45) is 29.6 Å². The number of rotatable bonds is 18. The molecule has 4 fully saturated rings. The van der Waals surface area contributed by atoms with Crippen molar-refractivity contribution in [2.75, 3.05) is 39.6 Å². The standard InChI is InChI=1S/C54H70O6/c1-36(30-55-45-20-10-39(11-21-45)51-28-44(15-8-37(51)2)54(6,7)42-18-26-48(27-19-42)58-33-50-35-60-50)31-56-47-24-16-41(17-25-47)53(4,5)43-14-9-38(3)52(29-43)40-12-22-46(23-13-40)57-32-49-34-59-49/h10-13,16-27,36-38,43-44,49-52H,8-9,14-15,28-35H2,1-7H3. The summed E-state index contributed by atoms with van der Waals surface area (Å²) in [5.41, 5.74) is 5.80. The molecule has 2 saturated heterocycles. The minimum atomic E-state index is 0.0719. The van der Waals surface area contributed by atoms with Gasteiger partial charge in [0.15, 0.2) is 0 Å². The smallest absolute Gasteiger partial charge is 0.119 e. The topological polar surface area (TPSA) is 62.0 Å². The SMILES string of the molecule is CC(COc1ccc(C2CC(C(C)(C)c3ccc(OCC4CO4)cc3)CCC2C)cc1)COc1ccc(C(C)(C)C2CCC(C)C(c3ccc(OCC4CO4)cc3)C2)cc1. The predicted molar refractivity (Wildman–Crippen MR) is 241 cm³/mol. The molecule has 2 saturated carbocycles. The Balaban J connectivity index is 0.788. The highest BCUT2D eigenvalue weighted by molar-refractivity contribution is 5.36. The Morgan fingerprint density at radius 2 is 0.833 bits per heavy atom. The Kier molecular flexibility index (Phi) is 13.2. The molecular formula is C54H70O6. The summed E-state index contributed by atoms with van der Waals surface area (Å²) in [4.78, 5) is 0. The fraction of sp³-hybridized carbons (Fsp3) is 0.556. The summed E-state index contributed by atoms with van der Waals surface area (Å²) in [6, 6.07) is 35.5. The molecule has 0 bridgehead atoms. The van der Waals surface area contributed by atoms with Crippen LogP contribution in [0.5, 0.6) is 23.0 Å². The van der Waals surface area contributed by atoms with Gasteiger partial charge in [-0.05, 0) is 156 Å². The second-order valence-corrected chi connectivity index (χ2v) is 20.1. The van der Waals surface area contributed by atoms with Crippen LogP contribution in [0.2, 0.25) is 0 Å². The monoisotopic (exact) mass is 815 g/mol. The van der Waals surface area contributed by atoms with Gasteiger partial charge in [-0.3, -0.25) is 0 Å². The van der Waals surface area contributed by atoms with Gasteiger partial charge in [0.2, 0.25) is 0 Å². The number of benzene rings is 4. The molecule has 6 heteroatoms. The van der Waals surface area contributed by atoms with Gasteiger partial charge >= 0.3 is 0 Å². The van der Waals surface area contributed by atoms with Crippen LogP contribution in [0.15, 0.2) is 97.1 Å². The third-order valence-corrected chi connectivity index (χ3v) is 15.0. The van der Waals surface area contributed by atoms with E-state index >= 15 is 0 Å². The summed E-state index contributed by atoms with van der Waals surface area (Å²) in [5, 5.41) is 0. The zero-order valence-corrected chi connectivity index (χ0v) is 37.4. The van der Waals surface area contributed by atoms with Crippen LogP contribution >= 0.6 is 0 Å². The Morgan fingerprint density at radius 1 is 0.500 bits per heavy atom. The molecule has 2 aliphatic heterocycles. The van der Waals surface area contributed by atoms with E-state index < -0.39 is 0 Å². The molecule has 9 atom stereocenters. The molecule has 9 unspecified atom stereocenters. The predicted octanol–water partition coefficient (Wildman–Crippen LogP) is 12.3. The summed E-state index contributed by atoms with van der Waals surface area (Å²) in [7, 11) is 0. The van der Waals surface area contributed by atoms with Crippen LogP contribution in [0.25, 0.3) is 0 Å². The highest BCUT2D eigenvalue weighted by Crippen LogP contribution is 2.50. The minimum Gasteiger partial charge on any atom is -0.493 e. The lowest BCUT2D eigenvalue weighted by Crippen LogP contribution is -2.34. The molecule has 60 heavy (non-hydrogen) atoms. The second-order valence-electron chi connectivity index (χ2n) is 20.1. The average Bonchev–Trinajstić information content (AvgIpc) is 4.21. The van der Waals surface area contributed by atoms with Crippen LogP contribution in [-0.2, 0) is 20.3 Å². The molecule has 322 valence electrons. The third kappa shape index (κ3) is 10.5. The zero-order chi connectivity index (χ0) is 41.9. The molecule has 2 heterocycles. The minimum absolute atomic E-state index is 0.0719. The van der Waals surface area contributed by atoms with Gasteiger partial charge in [0.05, 0.1) is 26.4 Å². The molecule has 0 spiro atoms. The summed E-state index contributed by atoms with van der Waals surface area (Å²) in [6.45, 7) is 20.9. The van der Waals surface area contributed by atoms with Crippen molar-refractivity contribution in [2.45, 2.75) is 122 Å². The Bertz CT molecular complexity index is 1940. The lowest BCUT2D eigenvalue weighted by Gasteiger charge is -2.43. The van der Waals surface area contributed by atoms with Gasteiger partial charge in [-0.15, -0.1) is 0 Å². The van der Waals surface area contributed by atoms with E-state index in [1.165, 1.54) is 60.8 Å². The molecule has 0 amide bonds. The van der Waals surface area contributed by atoms with E-state index in [1.807, 2.05) is 0 Å². The third-order valence-electron chi connectivity index (χ3n) is 15.0. The molecule has 0 radical (unpaired) electrons. The van der Waals surface area contributed by atoms with E-state index in [2.05, 4.69) is 146 Å². The molecule has 6 nitrogen and oxygen atoms in total.